The second-order valence-electron chi connectivity index (χ2n) is 4.91. The number of benzene rings is 2. The lowest BCUT2D eigenvalue weighted by atomic mass is 10.3. The quantitative estimate of drug-likeness (QED) is 0.391. The summed E-state index contributed by atoms with van der Waals surface area (Å²) in [5.41, 5.74) is -4.27. The van der Waals surface area contributed by atoms with Gasteiger partial charge in [0.05, 0.1) is 16.0 Å². The number of hydrogen-bond acceptors (Lipinski definition) is 6. The van der Waals surface area contributed by atoms with Crippen LogP contribution < -0.4 is 5.32 Å². The maximum Gasteiger partial charge on any atom is 0.446 e. The molecule has 0 saturated carbocycles. The fraction of sp³-hybridized carbons (Fsp3) is 0.0667. The molecule has 2 aromatic rings. The van der Waals surface area contributed by atoms with E-state index in [1.54, 1.807) is 0 Å². The van der Waals surface area contributed by atoms with Crippen LogP contribution in [0.4, 0.5) is 18.9 Å². The Morgan fingerprint density at radius 3 is 2.15 bits per heavy atom. The van der Waals surface area contributed by atoms with Crippen LogP contribution >= 0.6 is 23.4 Å². The molecule has 0 atom stereocenters. The molecule has 144 valence electrons. The number of alkyl halides is 3. The van der Waals surface area contributed by atoms with E-state index < -0.39 is 25.3 Å². The molecule has 0 aromatic heterocycles. The average Bonchev–Trinajstić information content (AvgIpc) is 2.55. The third-order valence-electron chi connectivity index (χ3n) is 3.03. The van der Waals surface area contributed by atoms with Gasteiger partial charge in [-0.3, -0.25) is 10.1 Å². The number of thioether (sulfide) groups is 1. The van der Waals surface area contributed by atoms with Gasteiger partial charge in [0.15, 0.2) is 0 Å². The van der Waals surface area contributed by atoms with Gasteiger partial charge >= 0.3 is 10.5 Å². The molecule has 27 heavy (non-hydrogen) atoms. The third-order valence-corrected chi connectivity index (χ3v) is 5.73. The van der Waals surface area contributed by atoms with Crippen LogP contribution in [0.3, 0.4) is 0 Å². The van der Waals surface area contributed by atoms with Crippen LogP contribution in [0.25, 0.3) is 0 Å². The van der Waals surface area contributed by atoms with Crippen LogP contribution in [-0.4, -0.2) is 18.8 Å². The molecule has 2 rings (SSSR count). The molecule has 6 nitrogen and oxygen atoms in total. The van der Waals surface area contributed by atoms with Crippen LogP contribution in [0, 0.1) is 10.1 Å². The second kappa shape index (κ2) is 8.19. The molecular weight excluding hydrogens is 429 g/mol. The first kappa shape index (κ1) is 21.1. The highest BCUT2D eigenvalue weighted by Crippen LogP contribution is 2.37. The molecule has 0 saturated heterocycles. The first-order valence-corrected chi connectivity index (χ1v) is 9.64. The van der Waals surface area contributed by atoms with E-state index in [1.807, 2.05) is 0 Å². The molecule has 12 heteroatoms. The van der Waals surface area contributed by atoms with E-state index in [-0.39, 0.29) is 32.3 Å². The monoisotopic (exact) mass is 438 g/mol. The number of anilines is 1. The number of nitrogens with zero attached hydrogens (tertiary/aromatic N) is 1. The Hall–Kier alpha value is -2.24. The maximum atomic E-state index is 12.4. The number of rotatable bonds is 6. The number of nitro groups is 1. The van der Waals surface area contributed by atoms with Crippen molar-refractivity contribution in [3.8, 4) is 0 Å². The van der Waals surface area contributed by atoms with Crippen molar-refractivity contribution >= 4 is 38.9 Å². The lowest BCUT2D eigenvalue weighted by Crippen LogP contribution is -2.14. The summed E-state index contributed by atoms with van der Waals surface area (Å²) in [4.78, 5) is 9.70. The minimum atomic E-state index is -4.44. The number of halogens is 4. The molecule has 1 N–H and O–H groups in total. The zero-order chi connectivity index (χ0) is 20.2. The van der Waals surface area contributed by atoms with Crippen molar-refractivity contribution in [2.45, 2.75) is 15.3 Å². The van der Waals surface area contributed by atoms with Gasteiger partial charge in [0.2, 0.25) is 0 Å². The predicted octanol–water partition coefficient (Wildman–Crippen LogP) is 4.91. The van der Waals surface area contributed by atoms with Crippen LogP contribution in [0.5, 0.6) is 0 Å². The van der Waals surface area contributed by atoms with Gasteiger partial charge in [0, 0.05) is 15.6 Å². The molecule has 0 unspecified atom stereocenters. The summed E-state index contributed by atoms with van der Waals surface area (Å²) in [6.45, 7) is 0. The van der Waals surface area contributed by atoms with Crippen molar-refractivity contribution in [1.82, 2.24) is 0 Å². The summed E-state index contributed by atoms with van der Waals surface area (Å²) in [5.74, 6) is 0. The van der Waals surface area contributed by atoms with Gasteiger partial charge in [-0.25, -0.2) is 8.42 Å². The Balaban J connectivity index is 2.25. The second-order valence-corrected chi connectivity index (χ2v) is 8.38. The van der Waals surface area contributed by atoms with Crippen LogP contribution in [-0.2, 0) is 9.84 Å². The van der Waals surface area contributed by atoms with Gasteiger partial charge in [-0.1, -0.05) is 11.6 Å². The highest BCUT2D eigenvalue weighted by molar-refractivity contribution is 8.00. The van der Waals surface area contributed by atoms with Crippen LogP contribution in [0.1, 0.15) is 0 Å². The van der Waals surface area contributed by atoms with Crippen molar-refractivity contribution in [3.05, 3.63) is 74.9 Å². The Morgan fingerprint density at radius 1 is 1.11 bits per heavy atom. The first-order chi connectivity index (χ1) is 12.5. The van der Waals surface area contributed by atoms with E-state index in [9.17, 15) is 31.7 Å². The smallest absolute Gasteiger partial charge is 0.355 e. The summed E-state index contributed by atoms with van der Waals surface area (Å²) in [6.07, 6.45) is 0.663. The number of hydrogen-bond donors (Lipinski definition) is 1. The van der Waals surface area contributed by atoms with Gasteiger partial charge in [-0.05, 0) is 60.3 Å². The normalized spacial score (nSPS) is 12.7. The van der Waals surface area contributed by atoms with E-state index in [4.69, 9.17) is 11.6 Å². The highest BCUT2D eigenvalue weighted by atomic mass is 35.5. The van der Waals surface area contributed by atoms with E-state index in [0.717, 1.165) is 24.3 Å². The Labute approximate surface area is 161 Å². The predicted molar refractivity (Wildman–Crippen MR) is 95.7 cm³/mol. The molecule has 0 spiro atoms. The minimum absolute atomic E-state index is 0.0830. The van der Waals surface area contributed by atoms with Gasteiger partial charge in [0.1, 0.15) is 0 Å². The summed E-state index contributed by atoms with van der Waals surface area (Å²) in [7, 11) is -4.43. The van der Waals surface area contributed by atoms with Crippen molar-refractivity contribution in [2.24, 2.45) is 0 Å². The van der Waals surface area contributed by atoms with Gasteiger partial charge in [-0.2, -0.15) is 13.2 Å². The van der Waals surface area contributed by atoms with Gasteiger partial charge < -0.3 is 5.32 Å². The molecule has 0 radical (unpaired) electrons. The summed E-state index contributed by atoms with van der Waals surface area (Å²) in [6, 6.07) is 9.55. The topological polar surface area (TPSA) is 89.3 Å². The standard InChI is InChI=1S/C15H10ClF3N2O4S2/c16-10-1-7-13(8-2-10)27(24,25)14(21(22)23)9-20-11-3-5-12(6-4-11)26-15(17,18)19/h1-9,20H. The third kappa shape index (κ3) is 5.88. The van der Waals surface area contributed by atoms with Crippen molar-refractivity contribution in [2.75, 3.05) is 5.32 Å². The molecule has 0 bridgehead atoms. The van der Waals surface area contributed by atoms with Crippen molar-refractivity contribution in [1.29, 1.82) is 0 Å². The fourth-order valence-electron chi connectivity index (χ4n) is 1.86. The Bertz CT molecular complexity index is 960. The molecular formula is C15H10ClF3N2O4S2. The molecule has 0 aliphatic carbocycles. The van der Waals surface area contributed by atoms with E-state index >= 15 is 0 Å². The SMILES string of the molecule is O=[N+]([O-])C(=CNc1ccc(SC(F)(F)F)cc1)S(=O)(=O)c1ccc(Cl)cc1. The average molecular weight is 439 g/mol. The first-order valence-electron chi connectivity index (χ1n) is 6.96. The van der Waals surface area contributed by atoms with Crippen molar-refractivity contribution in [3.63, 3.8) is 0 Å². The largest absolute Gasteiger partial charge is 0.446 e. The van der Waals surface area contributed by atoms with Crippen LogP contribution in [0.2, 0.25) is 5.02 Å². The Morgan fingerprint density at radius 2 is 1.67 bits per heavy atom. The van der Waals surface area contributed by atoms with Gasteiger partial charge in [0.25, 0.3) is 9.84 Å². The van der Waals surface area contributed by atoms with Gasteiger partial charge in [-0.15, -0.1) is 0 Å². The molecule has 0 heterocycles. The number of sulfone groups is 1. The Kier molecular flexibility index (Phi) is 6.39. The zero-order valence-electron chi connectivity index (χ0n) is 13.1. The highest BCUT2D eigenvalue weighted by Gasteiger charge is 2.31. The lowest BCUT2D eigenvalue weighted by molar-refractivity contribution is -0.411. The summed E-state index contributed by atoms with van der Waals surface area (Å²) in [5, 5.41) is 12.7. The molecule has 0 amide bonds. The number of nitrogens with one attached hydrogen (secondary N) is 1. The maximum absolute atomic E-state index is 12.4. The molecule has 0 aliphatic rings. The lowest BCUT2D eigenvalue weighted by Gasteiger charge is -2.07. The summed E-state index contributed by atoms with van der Waals surface area (Å²) < 4.78 is 61.7. The molecule has 0 fully saturated rings. The summed E-state index contributed by atoms with van der Waals surface area (Å²) >= 11 is 5.35. The van der Waals surface area contributed by atoms with E-state index in [1.165, 1.54) is 24.3 Å². The minimum Gasteiger partial charge on any atom is -0.355 e. The van der Waals surface area contributed by atoms with Crippen molar-refractivity contribution < 1.29 is 26.5 Å². The van der Waals surface area contributed by atoms with E-state index in [0.29, 0.717) is 6.20 Å². The molecule has 2 aromatic carbocycles. The zero-order valence-corrected chi connectivity index (χ0v) is 15.5. The van der Waals surface area contributed by atoms with E-state index in [2.05, 4.69) is 5.32 Å². The molecule has 0 aliphatic heterocycles. The fourth-order valence-corrected chi connectivity index (χ4v) is 3.67. The van der Waals surface area contributed by atoms with Crippen LogP contribution in [0.15, 0.2) is 69.6 Å².